The number of hydrogen-bond donors (Lipinski definition) is 0. The molecule has 0 spiro atoms. The number of hydrogen-bond acceptors (Lipinski definition) is 4. The van der Waals surface area contributed by atoms with Crippen LogP contribution < -0.4 is 0 Å². The van der Waals surface area contributed by atoms with E-state index >= 15 is 0 Å². The molecule has 4 nitrogen and oxygen atoms in total. The second-order valence-electron chi connectivity index (χ2n) is 4.89. The van der Waals surface area contributed by atoms with Gasteiger partial charge in [0.25, 0.3) is 0 Å². The van der Waals surface area contributed by atoms with Crippen molar-refractivity contribution in [3.05, 3.63) is 42.2 Å². The van der Waals surface area contributed by atoms with Crippen LogP contribution in [0.1, 0.15) is 10.4 Å². The van der Waals surface area contributed by atoms with Crippen LogP contribution in [-0.2, 0) is 4.74 Å². The average molecular weight is 256 g/mol. The summed E-state index contributed by atoms with van der Waals surface area (Å²) < 4.78 is 5.61. The molecule has 0 amide bonds. The van der Waals surface area contributed by atoms with Gasteiger partial charge in [-0.25, -0.2) is 0 Å². The van der Waals surface area contributed by atoms with Crippen molar-refractivity contribution in [1.82, 2.24) is 9.88 Å². The SMILES string of the molecule is CN1CCOC(C(=O)c2cccc3cnccc23)C1. The minimum Gasteiger partial charge on any atom is -0.367 e. The van der Waals surface area contributed by atoms with E-state index in [-0.39, 0.29) is 11.9 Å². The third-order valence-corrected chi connectivity index (χ3v) is 3.51. The average Bonchev–Trinajstić information content (AvgIpc) is 2.46. The standard InChI is InChI=1S/C15H16N2O2/c1-17-7-8-19-14(10-17)15(18)13-4-2-3-11-9-16-6-5-12(11)13/h2-6,9,14H,7-8,10H2,1H3. The first-order valence-electron chi connectivity index (χ1n) is 6.43. The maximum atomic E-state index is 12.6. The van der Waals surface area contributed by atoms with E-state index in [1.165, 1.54) is 0 Å². The third kappa shape index (κ3) is 2.37. The fourth-order valence-corrected chi connectivity index (χ4v) is 2.45. The first kappa shape index (κ1) is 12.3. The van der Waals surface area contributed by atoms with Crippen molar-refractivity contribution in [2.45, 2.75) is 6.10 Å². The van der Waals surface area contributed by atoms with Gasteiger partial charge in [-0.3, -0.25) is 9.78 Å². The summed E-state index contributed by atoms with van der Waals surface area (Å²) in [6.45, 7) is 2.14. The topological polar surface area (TPSA) is 42.4 Å². The zero-order chi connectivity index (χ0) is 13.2. The summed E-state index contributed by atoms with van der Waals surface area (Å²) in [5, 5.41) is 1.93. The molecule has 98 valence electrons. The molecule has 1 fully saturated rings. The number of aromatic nitrogens is 1. The quantitative estimate of drug-likeness (QED) is 0.768. The number of likely N-dealkylation sites (N-methyl/N-ethyl adjacent to an activating group) is 1. The molecule has 0 radical (unpaired) electrons. The van der Waals surface area contributed by atoms with E-state index in [2.05, 4.69) is 9.88 Å². The van der Waals surface area contributed by atoms with Crippen LogP contribution in [0.2, 0.25) is 0 Å². The van der Waals surface area contributed by atoms with Crippen molar-refractivity contribution in [2.24, 2.45) is 0 Å². The van der Waals surface area contributed by atoms with Crippen LogP contribution in [0.5, 0.6) is 0 Å². The van der Waals surface area contributed by atoms with Gasteiger partial charge in [-0.1, -0.05) is 18.2 Å². The maximum Gasteiger partial charge on any atom is 0.193 e. The minimum atomic E-state index is -0.363. The van der Waals surface area contributed by atoms with E-state index in [9.17, 15) is 4.79 Å². The van der Waals surface area contributed by atoms with Gasteiger partial charge in [0.05, 0.1) is 6.61 Å². The van der Waals surface area contributed by atoms with E-state index in [0.717, 1.165) is 22.9 Å². The number of carbonyl (C=O) groups excluding carboxylic acids is 1. The smallest absolute Gasteiger partial charge is 0.193 e. The number of morpholine rings is 1. The lowest BCUT2D eigenvalue weighted by Crippen LogP contribution is -2.44. The van der Waals surface area contributed by atoms with Crippen LogP contribution in [0.15, 0.2) is 36.7 Å². The molecule has 0 aliphatic carbocycles. The lowest BCUT2D eigenvalue weighted by Gasteiger charge is -2.29. The van der Waals surface area contributed by atoms with Gasteiger partial charge >= 0.3 is 0 Å². The Morgan fingerprint density at radius 3 is 3.16 bits per heavy atom. The maximum absolute atomic E-state index is 12.6. The van der Waals surface area contributed by atoms with Crippen molar-refractivity contribution >= 4 is 16.6 Å². The first-order chi connectivity index (χ1) is 9.25. The summed E-state index contributed by atoms with van der Waals surface area (Å²) in [7, 11) is 2.01. The Balaban J connectivity index is 1.97. The number of Topliss-reactive ketones (excluding diaryl/α,β-unsaturated/α-hetero) is 1. The van der Waals surface area contributed by atoms with Gasteiger partial charge < -0.3 is 9.64 Å². The molecule has 2 heterocycles. The number of carbonyl (C=O) groups is 1. The predicted molar refractivity (Wildman–Crippen MR) is 73.3 cm³/mol. The largest absolute Gasteiger partial charge is 0.367 e. The van der Waals surface area contributed by atoms with Gasteiger partial charge in [0.2, 0.25) is 0 Å². The summed E-state index contributed by atoms with van der Waals surface area (Å²) in [4.78, 5) is 18.8. The van der Waals surface area contributed by atoms with Gasteiger partial charge in [-0.05, 0) is 18.5 Å². The Morgan fingerprint density at radius 2 is 2.32 bits per heavy atom. The van der Waals surface area contributed by atoms with E-state index in [0.29, 0.717) is 13.2 Å². The molecule has 19 heavy (non-hydrogen) atoms. The molecule has 1 aromatic heterocycles. The molecule has 1 saturated heterocycles. The molecule has 1 aliphatic heterocycles. The third-order valence-electron chi connectivity index (χ3n) is 3.51. The zero-order valence-corrected chi connectivity index (χ0v) is 10.9. The Labute approximate surface area is 112 Å². The van der Waals surface area contributed by atoms with Crippen LogP contribution in [0, 0.1) is 0 Å². The van der Waals surface area contributed by atoms with Crippen LogP contribution in [0.3, 0.4) is 0 Å². The number of nitrogens with zero attached hydrogens (tertiary/aromatic N) is 2. The highest BCUT2D eigenvalue weighted by atomic mass is 16.5. The zero-order valence-electron chi connectivity index (χ0n) is 10.9. The van der Waals surface area contributed by atoms with Gasteiger partial charge in [0, 0.05) is 36.4 Å². The molecule has 2 aromatic rings. The highest BCUT2D eigenvalue weighted by Gasteiger charge is 2.26. The van der Waals surface area contributed by atoms with E-state index in [1.807, 2.05) is 31.3 Å². The Morgan fingerprint density at radius 1 is 1.42 bits per heavy atom. The number of rotatable bonds is 2. The molecule has 0 bridgehead atoms. The van der Waals surface area contributed by atoms with Crippen LogP contribution >= 0.6 is 0 Å². The van der Waals surface area contributed by atoms with Gasteiger partial charge in [0.15, 0.2) is 5.78 Å². The van der Waals surface area contributed by atoms with Crippen molar-refractivity contribution in [3.63, 3.8) is 0 Å². The monoisotopic (exact) mass is 256 g/mol. The Kier molecular flexibility index (Phi) is 3.27. The van der Waals surface area contributed by atoms with Crippen molar-refractivity contribution in [2.75, 3.05) is 26.7 Å². The molecule has 1 unspecified atom stereocenters. The predicted octanol–water partition coefficient (Wildman–Crippen LogP) is 1.75. The minimum absolute atomic E-state index is 0.0587. The summed E-state index contributed by atoms with van der Waals surface area (Å²) in [6, 6.07) is 7.61. The number of ketones is 1. The summed E-state index contributed by atoms with van der Waals surface area (Å²) in [5.41, 5.74) is 0.722. The fourth-order valence-electron chi connectivity index (χ4n) is 2.45. The second-order valence-corrected chi connectivity index (χ2v) is 4.89. The highest BCUT2D eigenvalue weighted by Crippen LogP contribution is 2.20. The van der Waals surface area contributed by atoms with Gasteiger partial charge in [-0.2, -0.15) is 0 Å². The lowest BCUT2D eigenvalue weighted by molar-refractivity contribution is -0.00852. The molecule has 4 heteroatoms. The molecular weight excluding hydrogens is 240 g/mol. The number of pyridine rings is 1. The van der Waals surface area contributed by atoms with Crippen molar-refractivity contribution in [3.8, 4) is 0 Å². The Bertz CT molecular complexity index is 607. The summed E-state index contributed by atoms with van der Waals surface area (Å²) >= 11 is 0. The molecule has 1 aromatic carbocycles. The molecule has 3 rings (SSSR count). The first-order valence-corrected chi connectivity index (χ1v) is 6.43. The van der Waals surface area contributed by atoms with Gasteiger partial charge in [-0.15, -0.1) is 0 Å². The van der Waals surface area contributed by atoms with Crippen LogP contribution in [0.25, 0.3) is 10.8 Å². The van der Waals surface area contributed by atoms with E-state index in [4.69, 9.17) is 4.74 Å². The molecule has 0 N–H and O–H groups in total. The number of benzene rings is 1. The number of ether oxygens (including phenoxy) is 1. The lowest BCUT2D eigenvalue weighted by atomic mass is 9.99. The normalized spacial score (nSPS) is 20.6. The van der Waals surface area contributed by atoms with Crippen molar-refractivity contribution in [1.29, 1.82) is 0 Å². The highest BCUT2D eigenvalue weighted by molar-refractivity contribution is 6.10. The summed E-state index contributed by atoms with van der Waals surface area (Å²) in [5.74, 6) is 0.0587. The molecular formula is C15H16N2O2. The van der Waals surface area contributed by atoms with Gasteiger partial charge in [0.1, 0.15) is 6.10 Å². The molecule has 1 aliphatic rings. The second kappa shape index (κ2) is 5.07. The van der Waals surface area contributed by atoms with E-state index in [1.54, 1.807) is 12.4 Å². The van der Waals surface area contributed by atoms with Crippen LogP contribution in [0.4, 0.5) is 0 Å². The number of fused-ring (bicyclic) bond motifs is 1. The van der Waals surface area contributed by atoms with Crippen LogP contribution in [-0.4, -0.2) is 48.5 Å². The molecule has 0 saturated carbocycles. The summed E-state index contributed by atoms with van der Waals surface area (Å²) in [6.07, 6.45) is 3.13. The van der Waals surface area contributed by atoms with E-state index < -0.39 is 0 Å². The fraction of sp³-hybridized carbons (Fsp3) is 0.333. The van der Waals surface area contributed by atoms with Crippen molar-refractivity contribution < 1.29 is 9.53 Å². The molecule has 1 atom stereocenters. The Hall–Kier alpha value is -1.78.